The molecule has 2 unspecified atom stereocenters. The van der Waals surface area contributed by atoms with Gasteiger partial charge in [-0.2, -0.15) is 0 Å². The summed E-state index contributed by atoms with van der Waals surface area (Å²) in [7, 11) is 5.73. The Morgan fingerprint density at radius 3 is 2.88 bits per heavy atom. The summed E-state index contributed by atoms with van der Waals surface area (Å²) in [5.74, 6) is 2.45. The highest BCUT2D eigenvalue weighted by Crippen LogP contribution is 2.43. The van der Waals surface area contributed by atoms with Gasteiger partial charge < -0.3 is 24.7 Å². The van der Waals surface area contributed by atoms with Crippen LogP contribution in [0.4, 0.5) is 5.82 Å². The van der Waals surface area contributed by atoms with Crippen LogP contribution in [-0.2, 0) is 4.79 Å². The van der Waals surface area contributed by atoms with E-state index in [1.807, 2.05) is 24.4 Å². The van der Waals surface area contributed by atoms with Gasteiger partial charge in [-0.3, -0.25) is 4.79 Å². The number of methoxy groups -OCH3 is 1. The number of hydrogen-bond donors (Lipinski definition) is 2. The van der Waals surface area contributed by atoms with Crippen molar-refractivity contribution in [2.45, 2.75) is 31.8 Å². The molecule has 2 fully saturated rings. The van der Waals surface area contributed by atoms with Crippen molar-refractivity contribution in [2.75, 3.05) is 33.1 Å². The maximum atomic E-state index is 12.6. The van der Waals surface area contributed by atoms with E-state index in [2.05, 4.69) is 39.3 Å². The maximum absolute atomic E-state index is 12.6. The van der Waals surface area contributed by atoms with Gasteiger partial charge in [-0.05, 0) is 70.4 Å². The Morgan fingerprint density at radius 1 is 1.28 bits per heavy atom. The number of nitrogens with zero attached hydrogens (tertiary/aromatic N) is 3. The number of carbonyl (C=O) groups excluding carboxylic acids is 1. The van der Waals surface area contributed by atoms with Gasteiger partial charge in [0.05, 0.1) is 18.8 Å². The molecule has 1 amide bonds. The third kappa shape index (κ3) is 4.27. The summed E-state index contributed by atoms with van der Waals surface area (Å²) in [4.78, 5) is 27.0. The average molecular weight is 436 g/mol. The van der Waals surface area contributed by atoms with E-state index in [9.17, 15) is 4.79 Å². The first kappa shape index (κ1) is 20.8. The van der Waals surface area contributed by atoms with E-state index in [0.29, 0.717) is 23.3 Å². The smallest absolute Gasteiger partial charge is 0.228 e. The fourth-order valence-corrected chi connectivity index (χ4v) is 4.10. The van der Waals surface area contributed by atoms with Gasteiger partial charge in [0.15, 0.2) is 0 Å². The summed E-state index contributed by atoms with van der Waals surface area (Å²) in [6.07, 6.45) is 7.99. The van der Waals surface area contributed by atoms with Gasteiger partial charge in [-0.25, -0.2) is 9.97 Å². The Labute approximate surface area is 187 Å². The van der Waals surface area contributed by atoms with Gasteiger partial charge in [0.1, 0.15) is 17.2 Å². The molecule has 3 aromatic heterocycles. The predicted molar refractivity (Wildman–Crippen MR) is 123 cm³/mol. The molecule has 5 rings (SSSR count). The van der Waals surface area contributed by atoms with Crippen LogP contribution in [0.25, 0.3) is 22.2 Å². The first-order chi connectivity index (χ1) is 15.5. The predicted octanol–water partition coefficient (Wildman–Crippen LogP) is 3.70. The minimum Gasteiger partial charge on any atom is -0.490 e. The molecule has 2 aliphatic carbocycles. The molecule has 2 atom stereocenters. The zero-order valence-corrected chi connectivity index (χ0v) is 18.7. The van der Waals surface area contributed by atoms with Gasteiger partial charge in [0, 0.05) is 29.3 Å². The lowest BCUT2D eigenvalue weighted by atomic mass is 10.1. The largest absolute Gasteiger partial charge is 0.490 e. The topological polar surface area (TPSA) is 92.4 Å². The van der Waals surface area contributed by atoms with Gasteiger partial charge in [0.25, 0.3) is 0 Å². The van der Waals surface area contributed by atoms with Gasteiger partial charge in [-0.1, -0.05) is 0 Å². The third-order valence-corrected chi connectivity index (χ3v) is 6.16. The van der Waals surface area contributed by atoms with Crippen molar-refractivity contribution in [1.82, 2.24) is 19.9 Å². The van der Waals surface area contributed by atoms with Crippen LogP contribution in [0.2, 0.25) is 0 Å². The van der Waals surface area contributed by atoms with E-state index in [0.717, 1.165) is 54.5 Å². The summed E-state index contributed by atoms with van der Waals surface area (Å²) in [5, 5.41) is 3.91. The fraction of sp³-hybridized carbons (Fsp3) is 0.458. The molecule has 168 valence electrons. The summed E-state index contributed by atoms with van der Waals surface area (Å²) in [6, 6.07) is 5.69. The Kier molecular flexibility index (Phi) is 5.46. The zero-order valence-electron chi connectivity index (χ0n) is 18.7. The molecule has 3 aromatic rings. The van der Waals surface area contributed by atoms with E-state index < -0.39 is 0 Å². The van der Waals surface area contributed by atoms with E-state index in [-0.39, 0.29) is 17.9 Å². The zero-order chi connectivity index (χ0) is 22.2. The monoisotopic (exact) mass is 435 g/mol. The van der Waals surface area contributed by atoms with Crippen LogP contribution in [0.1, 0.15) is 25.7 Å². The van der Waals surface area contributed by atoms with Gasteiger partial charge in [-0.15, -0.1) is 0 Å². The number of amides is 1. The molecule has 2 saturated carbocycles. The molecular weight excluding hydrogens is 406 g/mol. The maximum Gasteiger partial charge on any atom is 0.228 e. The minimum absolute atomic E-state index is 0.0569. The second-order valence-corrected chi connectivity index (χ2v) is 8.99. The summed E-state index contributed by atoms with van der Waals surface area (Å²) >= 11 is 0. The standard InChI is InChI=1S/C24H29N5O3/c1-29(2)11-9-14-12-17(14)23(30)28-20-7-6-16-18(13-26-22(16)27-20)21-19(32-15-4-5-15)8-10-25-24(21)31-3/h6-8,10,13-15,17H,4-5,9,11-12H2,1-3H3,(H2,26,27,28,30). The van der Waals surface area contributed by atoms with Crippen LogP contribution in [0.5, 0.6) is 11.6 Å². The summed E-state index contributed by atoms with van der Waals surface area (Å²) < 4.78 is 11.6. The number of ether oxygens (including phenoxy) is 2. The Morgan fingerprint density at radius 2 is 2.12 bits per heavy atom. The molecule has 3 heterocycles. The number of anilines is 1. The second kappa shape index (κ2) is 8.43. The molecule has 32 heavy (non-hydrogen) atoms. The molecule has 0 radical (unpaired) electrons. The van der Waals surface area contributed by atoms with E-state index in [1.165, 1.54) is 0 Å². The lowest BCUT2D eigenvalue weighted by Gasteiger charge is -2.13. The van der Waals surface area contributed by atoms with Crippen LogP contribution < -0.4 is 14.8 Å². The van der Waals surface area contributed by atoms with E-state index in [1.54, 1.807) is 13.3 Å². The number of aromatic nitrogens is 3. The Hall–Kier alpha value is -3.13. The highest BCUT2D eigenvalue weighted by molar-refractivity contribution is 5.99. The van der Waals surface area contributed by atoms with Crippen molar-refractivity contribution in [1.29, 1.82) is 0 Å². The van der Waals surface area contributed by atoms with Crippen LogP contribution in [-0.4, -0.2) is 59.6 Å². The molecule has 2 aliphatic rings. The Bertz CT molecular complexity index is 1140. The Balaban J connectivity index is 1.36. The molecule has 8 heteroatoms. The molecule has 0 bridgehead atoms. The van der Waals surface area contributed by atoms with Crippen LogP contribution in [0.3, 0.4) is 0 Å². The van der Waals surface area contributed by atoms with Crippen molar-refractivity contribution < 1.29 is 14.3 Å². The van der Waals surface area contributed by atoms with Crippen molar-refractivity contribution in [3.63, 3.8) is 0 Å². The number of carbonyl (C=O) groups is 1. The molecule has 0 aromatic carbocycles. The molecule has 0 saturated heterocycles. The quantitative estimate of drug-likeness (QED) is 0.532. The molecule has 8 nitrogen and oxygen atoms in total. The van der Waals surface area contributed by atoms with Crippen molar-refractivity contribution in [2.24, 2.45) is 11.8 Å². The third-order valence-electron chi connectivity index (χ3n) is 6.16. The van der Waals surface area contributed by atoms with Crippen molar-refractivity contribution in [3.8, 4) is 22.8 Å². The number of rotatable bonds is 9. The van der Waals surface area contributed by atoms with E-state index in [4.69, 9.17) is 9.47 Å². The lowest BCUT2D eigenvalue weighted by Crippen LogP contribution is -2.18. The number of pyridine rings is 2. The lowest BCUT2D eigenvalue weighted by molar-refractivity contribution is -0.117. The van der Waals surface area contributed by atoms with Crippen LogP contribution in [0.15, 0.2) is 30.6 Å². The average Bonchev–Trinajstić information content (AvgIpc) is 3.70. The SMILES string of the molecule is COc1nccc(OC2CC2)c1-c1c[nH]c2nc(NC(=O)C3CC3CCN(C)C)ccc12. The number of nitrogens with one attached hydrogen (secondary N) is 2. The van der Waals surface area contributed by atoms with E-state index >= 15 is 0 Å². The first-order valence-electron chi connectivity index (χ1n) is 11.2. The number of hydrogen-bond acceptors (Lipinski definition) is 6. The van der Waals surface area contributed by atoms with Crippen LogP contribution >= 0.6 is 0 Å². The molecule has 2 N–H and O–H groups in total. The number of aromatic amines is 1. The highest BCUT2D eigenvalue weighted by atomic mass is 16.5. The van der Waals surface area contributed by atoms with Crippen molar-refractivity contribution >= 4 is 22.8 Å². The van der Waals surface area contributed by atoms with Gasteiger partial charge in [0.2, 0.25) is 11.8 Å². The highest BCUT2D eigenvalue weighted by Gasteiger charge is 2.42. The molecular formula is C24H29N5O3. The molecule has 0 aliphatic heterocycles. The first-order valence-corrected chi connectivity index (χ1v) is 11.2. The van der Waals surface area contributed by atoms with Crippen molar-refractivity contribution in [3.05, 3.63) is 30.6 Å². The summed E-state index contributed by atoms with van der Waals surface area (Å²) in [6.45, 7) is 1.01. The van der Waals surface area contributed by atoms with Gasteiger partial charge >= 0.3 is 0 Å². The normalized spacial score (nSPS) is 19.9. The minimum atomic E-state index is 0.0569. The second-order valence-electron chi connectivity index (χ2n) is 8.99. The fourth-order valence-electron chi connectivity index (χ4n) is 4.10. The van der Waals surface area contributed by atoms with Crippen LogP contribution in [0, 0.1) is 11.8 Å². The molecule has 0 spiro atoms. The number of fused-ring (bicyclic) bond motifs is 1. The summed E-state index contributed by atoms with van der Waals surface area (Å²) in [5.41, 5.74) is 2.42. The number of H-pyrrole nitrogens is 1.